The summed E-state index contributed by atoms with van der Waals surface area (Å²) in [7, 11) is 0. The molecule has 0 bridgehead atoms. The summed E-state index contributed by atoms with van der Waals surface area (Å²) >= 11 is 8.92. The number of hydrogen-bond acceptors (Lipinski definition) is 2. The zero-order valence-corrected chi connectivity index (χ0v) is 9.14. The van der Waals surface area contributed by atoms with Crippen LogP contribution in [0.15, 0.2) is 29.3 Å². The third-order valence-electron chi connectivity index (χ3n) is 1.71. The highest BCUT2D eigenvalue weighted by molar-refractivity contribution is 9.10. The van der Waals surface area contributed by atoms with E-state index in [1.54, 1.807) is 18.2 Å². The lowest BCUT2D eigenvalue weighted by molar-refractivity contribution is 0.462. The van der Waals surface area contributed by atoms with Gasteiger partial charge < -0.3 is 10.8 Å². The number of hydrogen-bond donors (Lipinski definition) is 2. The van der Waals surface area contributed by atoms with Crippen LogP contribution in [-0.2, 0) is 0 Å². The summed E-state index contributed by atoms with van der Waals surface area (Å²) in [6.07, 6.45) is 1.55. The van der Waals surface area contributed by atoms with Gasteiger partial charge in [-0.05, 0) is 22.0 Å². The second-order valence-corrected chi connectivity index (χ2v) is 3.76. The van der Waals surface area contributed by atoms with E-state index < -0.39 is 0 Å². The fourth-order valence-corrected chi connectivity index (χ4v) is 1.46. The highest BCUT2D eigenvalue weighted by atomic mass is 79.9. The van der Waals surface area contributed by atoms with Crippen molar-refractivity contribution in [2.75, 3.05) is 0 Å². The zero-order valence-electron chi connectivity index (χ0n) is 6.80. The van der Waals surface area contributed by atoms with Crippen LogP contribution < -0.4 is 5.73 Å². The summed E-state index contributed by atoms with van der Waals surface area (Å²) in [5.41, 5.74) is 6.28. The largest absolute Gasteiger partial charge is 0.506 e. The SMILES string of the molecule is C=C[C@@H](N)c1ccc(Cl)c(Br)c1O. The summed E-state index contributed by atoms with van der Waals surface area (Å²) in [5, 5.41) is 10.1. The first kappa shape index (κ1) is 10.6. The Kier molecular flexibility index (Phi) is 3.36. The topological polar surface area (TPSA) is 46.2 Å². The lowest BCUT2D eigenvalue weighted by Crippen LogP contribution is -2.06. The van der Waals surface area contributed by atoms with E-state index >= 15 is 0 Å². The first-order valence-corrected chi connectivity index (χ1v) is 4.80. The number of benzene rings is 1. The maximum absolute atomic E-state index is 9.62. The number of rotatable bonds is 2. The van der Waals surface area contributed by atoms with E-state index in [9.17, 15) is 5.11 Å². The zero-order chi connectivity index (χ0) is 10.0. The van der Waals surface area contributed by atoms with E-state index in [4.69, 9.17) is 17.3 Å². The Bertz CT molecular complexity index is 341. The van der Waals surface area contributed by atoms with E-state index in [0.717, 1.165) is 0 Å². The van der Waals surface area contributed by atoms with Crippen molar-refractivity contribution in [3.8, 4) is 5.75 Å². The van der Waals surface area contributed by atoms with Crippen LogP contribution in [0.25, 0.3) is 0 Å². The van der Waals surface area contributed by atoms with Crippen LogP contribution in [0.2, 0.25) is 5.02 Å². The first-order chi connectivity index (χ1) is 6.07. The van der Waals surface area contributed by atoms with Crippen LogP contribution in [0.4, 0.5) is 0 Å². The number of halogens is 2. The van der Waals surface area contributed by atoms with Crippen molar-refractivity contribution < 1.29 is 5.11 Å². The van der Waals surface area contributed by atoms with Crippen LogP contribution in [0, 0.1) is 0 Å². The van der Waals surface area contributed by atoms with Crippen molar-refractivity contribution in [3.05, 3.63) is 39.8 Å². The molecule has 0 aliphatic carbocycles. The molecule has 0 unspecified atom stereocenters. The van der Waals surface area contributed by atoms with Crippen molar-refractivity contribution in [2.45, 2.75) is 6.04 Å². The smallest absolute Gasteiger partial charge is 0.136 e. The van der Waals surface area contributed by atoms with Gasteiger partial charge in [0.1, 0.15) is 5.75 Å². The van der Waals surface area contributed by atoms with Crippen LogP contribution in [-0.4, -0.2) is 5.11 Å². The van der Waals surface area contributed by atoms with Gasteiger partial charge >= 0.3 is 0 Å². The molecule has 1 aromatic carbocycles. The summed E-state index contributed by atoms with van der Waals surface area (Å²) in [6.45, 7) is 3.55. The van der Waals surface area contributed by atoms with E-state index in [2.05, 4.69) is 22.5 Å². The molecule has 4 heteroatoms. The molecule has 0 aromatic heterocycles. The Hall–Kier alpha value is -0.510. The molecule has 2 nitrogen and oxygen atoms in total. The van der Waals surface area contributed by atoms with Gasteiger partial charge in [0.05, 0.1) is 15.5 Å². The van der Waals surface area contributed by atoms with Gasteiger partial charge in [0.25, 0.3) is 0 Å². The van der Waals surface area contributed by atoms with Crippen molar-refractivity contribution in [1.82, 2.24) is 0 Å². The first-order valence-electron chi connectivity index (χ1n) is 3.63. The molecule has 70 valence electrons. The van der Waals surface area contributed by atoms with E-state index in [1.807, 2.05) is 0 Å². The summed E-state index contributed by atoms with van der Waals surface area (Å²) in [5.74, 6) is 0.0694. The minimum atomic E-state index is -0.381. The number of phenols is 1. The molecule has 0 amide bonds. The summed E-state index contributed by atoms with van der Waals surface area (Å²) < 4.78 is 0.462. The van der Waals surface area contributed by atoms with Crippen molar-refractivity contribution in [2.24, 2.45) is 5.73 Å². The van der Waals surface area contributed by atoms with Gasteiger partial charge in [-0.15, -0.1) is 6.58 Å². The van der Waals surface area contributed by atoms with Gasteiger partial charge in [-0.1, -0.05) is 23.7 Å². The molecule has 13 heavy (non-hydrogen) atoms. The van der Waals surface area contributed by atoms with Gasteiger partial charge in [-0.25, -0.2) is 0 Å². The lowest BCUT2D eigenvalue weighted by atomic mass is 10.1. The highest BCUT2D eigenvalue weighted by Gasteiger charge is 2.12. The highest BCUT2D eigenvalue weighted by Crippen LogP contribution is 2.36. The van der Waals surface area contributed by atoms with Crippen LogP contribution in [0.3, 0.4) is 0 Å². The molecule has 0 saturated carbocycles. The average Bonchev–Trinajstić information content (AvgIpc) is 2.13. The minimum absolute atomic E-state index is 0.0694. The number of phenolic OH excluding ortho intramolecular Hbond substituents is 1. The normalized spacial score (nSPS) is 12.5. The molecule has 1 aromatic rings. The van der Waals surface area contributed by atoms with Crippen LogP contribution >= 0.6 is 27.5 Å². The Morgan fingerprint density at radius 3 is 2.77 bits per heavy atom. The average molecular weight is 263 g/mol. The molecule has 0 saturated heterocycles. The van der Waals surface area contributed by atoms with E-state index in [1.165, 1.54) is 0 Å². The summed E-state index contributed by atoms with van der Waals surface area (Å²) in [6, 6.07) is 2.97. The molecule has 3 N–H and O–H groups in total. The molecule has 1 rings (SSSR count). The quantitative estimate of drug-likeness (QED) is 0.805. The molecule has 0 fully saturated rings. The Labute approximate surface area is 90.1 Å². The minimum Gasteiger partial charge on any atom is -0.506 e. The molecule has 0 spiro atoms. The standard InChI is InChI=1S/C9H9BrClNO/c1-2-7(12)5-3-4-6(11)8(10)9(5)13/h2-4,7,13H,1,12H2/t7-/m1/s1. The third kappa shape index (κ3) is 2.05. The molecule has 0 aliphatic rings. The van der Waals surface area contributed by atoms with Crippen LogP contribution in [0.1, 0.15) is 11.6 Å². The molecule has 0 aliphatic heterocycles. The predicted octanol–water partition coefficient (Wildman–Crippen LogP) is 2.99. The fourth-order valence-electron chi connectivity index (χ4n) is 0.951. The lowest BCUT2D eigenvalue weighted by Gasteiger charge is -2.10. The Morgan fingerprint density at radius 2 is 2.23 bits per heavy atom. The second kappa shape index (κ2) is 4.13. The maximum Gasteiger partial charge on any atom is 0.136 e. The molecule has 0 radical (unpaired) electrons. The van der Waals surface area contributed by atoms with Gasteiger partial charge in [-0.2, -0.15) is 0 Å². The summed E-state index contributed by atoms with van der Waals surface area (Å²) in [4.78, 5) is 0. The van der Waals surface area contributed by atoms with Crippen molar-refractivity contribution >= 4 is 27.5 Å². The van der Waals surface area contributed by atoms with Crippen LogP contribution in [0.5, 0.6) is 5.75 Å². The van der Waals surface area contributed by atoms with Gasteiger partial charge in [0.2, 0.25) is 0 Å². The van der Waals surface area contributed by atoms with Crippen molar-refractivity contribution in [1.29, 1.82) is 0 Å². The third-order valence-corrected chi connectivity index (χ3v) is 3.06. The van der Waals surface area contributed by atoms with Gasteiger partial charge in [0.15, 0.2) is 0 Å². The number of nitrogens with two attached hydrogens (primary N) is 1. The molecular weight excluding hydrogens is 253 g/mol. The fraction of sp³-hybridized carbons (Fsp3) is 0.111. The Balaban J connectivity index is 3.25. The molecule has 0 heterocycles. The molecule has 1 atom stereocenters. The van der Waals surface area contributed by atoms with Gasteiger partial charge in [0, 0.05) is 5.56 Å². The second-order valence-electron chi connectivity index (χ2n) is 2.56. The van der Waals surface area contributed by atoms with Crippen molar-refractivity contribution in [3.63, 3.8) is 0 Å². The predicted molar refractivity (Wildman–Crippen MR) is 57.9 cm³/mol. The Morgan fingerprint density at radius 1 is 1.62 bits per heavy atom. The molecular formula is C9H9BrClNO. The van der Waals surface area contributed by atoms with E-state index in [-0.39, 0.29) is 11.8 Å². The maximum atomic E-state index is 9.62. The monoisotopic (exact) mass is 261 g/mol. The number of aromatic hydroxyl groups is 1. The van der Waals surface area contributed by atoms with Gasteiger partial charge in [-0.3, -0.25) is 0 Å². The van der Waals surface area contributed by atoms with E-state index in [0.29, 0.717) is 15.1 Å².